The standard InChI is InChI=1S/C9H9F3N4OS/c10-9(11,12)17-6-1-2-7(13)5(3-6)4-15-16-8(14)18/h1-4H,13H2,(H3,14,16,18). The van der Waals surface area contributed by atoms with Crippen LogP contribution in [0.2, 0.25) is 0 Å². The third-order valence-corrected chi connectivity index (χ3v) is 1.76. The number of ether oxygens (including phenoxy) is 1. The molecule has 5 nitrogen and oxygen atoms in total. The highest BCUT2D eigenvalue weighted by Gasteiger charge is 2.31. The summed E-state index contributed by atoms with van der Waals surface area (Å²) in [6.07, 6.45) is -3.58. The van der Waals surface area contributed by atoms with Crippen molar-refractivity contribution in [2.24, 2.45) is 10.8 Å². The summed E-state index contributed by atoms with van der Waals surface area (Å²) in [6.45, 7) is 0. The summed E-state index contributed by atoms with van der Waals surface area (Å²) in [5.41, 5.74) is 13.4. The monoisotopic (exact) mass is 278 g/mol. The highest BCUT2D eigenvalue weighted by molar-refractivity contribution is 7.80. The Hall–Kier alpha value is -2.03. The number of alkyl halides is 3. The largest absolute Gasteiger partial charge is 0.573 e. The zero-order valence-electron chi connectivity index (χ0n) is 8.86. The first-order valence-corrected chi connectivity index (χ1v) is 4.92. The van der Waals surface area contributed by atoms with E-state index in [9.17, 15) is 13.2 Å². The van der Waals surface area contributed by atoms with E-state index in [4.69, 9.17) is 11.5 Å². The summed E-state index contributed by atoms with van der Waals surface area (Å²) in [5.74, 6) is -0.395. The van der Waals surface area contributed by atoms with Crippen molar-refractivity contribution in [3.8, 4) is 5.75 Å². The van der Waals surface area contributed by atoms with Crippen LogP contribution in [0.1, 0.15) is 5.56 Å². The Morgan fingerprint density at radius 1 is 1.44 bits per heavy atom. The molecule has 0 aliphatic rings. The highest BCUT2D eigenvalue weighted by atomic mass is 32.1. The molecular formula is C9H9F3N4OS. The molecule has 0 bridgehead atoms. The molecule has 0 aliphatic heterocycles. The van der Waals surface area contributed by atoms with E-state index in [0.717, 1.165) is 12.1 Å². The van der Waals surface area contributed by atoms with Gasteiger partial charge in [0.15, 0.2) is 5.11 Å². The van der Waals surface area contributed by atoms with E-state index in [-0.39, 0.29) is 16.4 Å². The van der Waals surface area contributed by atoms with Gasteiger partial charge in [-0.2, -0.15) is 5.10 Å². The number of hydrogen-bond donors (Lipinski definition) is 3. The van der Waals surface area contributed by atoms with Crippen LogP contribution in [0.15, 0.2) is 23.3 Å². The Kier molecular flexibility index (Phi) is 4.32. The van der Waals surface area contributed by atoms with Gasteiger partial charge < -0.3 is 16.2 Å². The lowest BCUT2D eigenvalue weighted by molar-refractivity contribution is -0.274. The first-order chi connectivity index (χ1) is 8.28. The molecule has 0 heterocycles. The maximum absolute atomic E-state index is 12.0. The van der Waals surface area contributed by atoms with Crippen LogP contribution in [0.25, 0.3) is 0 Å². The van der Waals surface area contributed by atoms with E-state index < -0.39 is 12.1 Å². The summed E-state index contributed by atoms with van der Waals surface area (Å²) in [7, 11) is 0. The summed E-state index contributed by atoms with van der Waals surface area (Å²) in [6, 6.07) is 3.46. The summed E-state index contributed by atoms with van der Waals surface area (Å²) in [4.78, 5) is 0. The van der Waals surface area contributed by atoms with Crippen molar-refractivity contribution in [2.45, 2.75) is 6.36 Å². The number of anilines is 1. The maximum atomic E-state index is 12.0. The first kappa shape index (κ1) is 14.0. The molecule has 1 aromatic carbocycles. The van der Waals surface area contributed by atoms with Gasteiger partial charge in [-0.25, -0.2) is 0 Å². The van der Waals surface area contributed by atoms with Gasteiger partial charge in [0.2, 0.25) is 0 Å². The lowest BCUT2D eigenvalue weighted by Crippen LogP contribution is -2.24. The molecule has 18 heavy (non-hydrogen) atoms. The SMILES string of the molecule is NC(=S)NN=Cc1cc(OC(F)(F)F)ccc1N. The zero-order chi connectivity index (χ0) is 13.8. The fraction of sp³-hybridized carbons (Fsp3) is 0.111. The maximum Gasteiger partial charge on any atom is 0.573 e. The lowest BCUT2D eigenvalue weighted by atomic mass is 10.2. The van der Waals surface area contributed by atoms with Crippen molar-refractivity contribution in [1.29, 1.82) is 0 Å². The van der Waals surface area contributed by atoms with Crippen LogP contribution >= 0.6 is 12.2 Å². The Morgan fingerprint density at radius 2 is 2.11 bits per heavy atom. The molecule has 5 N–H and O–H groups in total. The number of nitrogens with zero attached hydrogens (tertiary/aromatic N) is 1. The molecule has 0 aromatic heterocycles. The van der Waals surface area contributed by atoms with Crippen LogP contribution in [0, 0.1) is 0 Å². The van der Waals surface area contributed by atoms with Crippen molar-refractivity contribution < 1.29 is 17.9 Å². The summed E-state index contributed by atoms with van der Waals surface area (Å²) >= 11 is 4.49. The molecule has 0 radical (unpaired) electrons. The van der Waals surface area contributed by atoms with Crippen molar-refractivity contribution in [2.75, 3.05) is 5.73 Å². The van der Waals surface area contributed by atoms with Gasteiger partial charge >= 0.3 is 6.36 Å². The zero-order valence-corrected chi connectivity index (χ0v) is 9.68. The molecule has 1 aromatic rings. The number of thiocarbonyl (C=S) groups is 1. The second kappa shape index (κ2) is 5.54. The van der Waals surface area contributed by atoms with Crippen LogP contribution in [-0.2, 0) is 0 Å². The van der Waals surface area contributed by atoms with Gasteiger partial charge in [-0.1, -0.05) is 0 Å². The van der Waals surface area contributed by atoms with Crippen molar-refractivity contribution in [1.82, 2.24) is 5.43 Å². The van der Waals surface area contributed by atoms with Gasteiger partial charge in [-0.3, -0.25) is 5.43 Å². The molecule has 0 saturated heterocycles. The number of nitrogen functional groups attached to an aromatic ring is 1. The van der Waals surface area contributed by atoms with Crippen LogP contribution in [-0.4, -0.2) is 17.7 Å². The van der Waals surface area contributed by atoms with E-state index >= 15 is 0 Å². The molecule has 0 amide bonds. The third kappa shape index (κ3) is 4.87. The third-order valence-electron chi connectivity index (χ3n) is 1.67. The predicted octanol–water partition coefficient (Wildman–Crippen LogP) is 1.33. The number of benzene rings is 1. The van der Waals surface area contributed by atoms with E-state index in [1.54, 1.807) is 0 Å². The highest BCUT2D eigenvalue weighted by Crippen LogP contribution is 2.25. The molecule has 0 unspecified atom stereocenters. The van der Waals surface area contributed by atoms with E-state index in [1.807, 2.05) is 0 Å². The van der Waals surface area contributed by atoms with E-state index in [1.165, 1.54) is 12.3 Å². The van der Waals surface area contributed by atoms with Crippen molar-refractivity contribution in [3.63, 3.8) is 0 Å². The second-order valence-electron chi connectivity index (χ2n) is 3.07. The Labute approximate surface area is 106 Å². The Morgan fingerprint density at radius 3 is 2.67 bits per heavy atom. The molecule has 0 atom stereocenters. The van der Waals surface area contributed by atoms with Gasteiger partial charge in [0.25, 0.3) is 0 Å². The van der Waals surface area contributed by atoms with Crippen LogP contribution in [0.3, 0.4) is 0 Å². The summed E-state index contributed by atoms with van der Waals surface area (Å²) < 4.78 is 39.7. The average molecular weight is 278 g/mol. The predicted molar refractivity (Wildman–Crippen MR) is 65.1 cm³/mol. The first-order valence-electron chi connectivity index (χ1n) is 4.52. The van der Waals surface area contributed by atoms with Gasteiger partial charge in [0.1, 0.15) is 5.75 Å². The van der Waals surface area contributed by atoms with Gasteiger partial charge in [0.05, 0.1) is 6.21 Å². The van der Waals surface area contributed by atoms with Gasteiger partial charge in [-0.15, -0.1) is 13.2 Å². The normalized spacial score (nSPS) is 11.5. The van der Waals surface area contributed by atoms with Crippen LogP contribution in [0.5, 0.6) is 5.75 Å². The Bertz CT molecular complexity index is 475. The molecular weight excluding hydrogens is 269 g/mol. The fourth-order valence-electron chi connectivity index (χ4n) is 1.03. The number of hydrazone groups is 1. The molecule has 0 aliphatic carbocycles. The fourth-order valence-corrected chi connectivity index (χ4v) is 1.08. The molecule has 0 spiro atoms. The van der Waals surface area contributed by atoms with Crippen molar-refractivity contribution in [3.05, 3.63) is 23.8 Å². The molecule has 0 fully saturated rings. The quantitative estimate of drug-likeness (QED) is 0.336. The van der Waals surface area contributed by atoms with Crippen LogP contribution < -0.4 is 21.6 Å². The second-order valence-corrected chi connectivity index (χ2v) is 3.51. The molecule has 1 rings (SSSR count). The molecule has 0 saturated carbocycles. The number of nitrogens with one attached hydrogen (secondary N) is 1. The minimum Gasteiger partial charge on any atom is -0.406 e. The number of hydrogen-bond acceptors (Lipinski definition) is 4. The Balaban J connectivity index is 2.88. The molecule has 98 valence electrons. The smallest absolute Gasteiger partial charge is 0.406 e. The minimum atomic E-state index is -4.76. The van der Waals surface area contributed by atoms with Crippen molar-refractivity contribution >= 4 is 29.2 Å². The summed E-state index contributed by atoms with van der Waals surface area (Å²) in [5, 5.41) is 3.51. The topological polar surface area (TPSA) is 85.7 Å². The van der Waals surface area contributed by atoms with E-state index in [2.05, 4.69) is 27.5 Å². The average Bonchev–Trinajstić information content (AvgIpc) is 2.20. The van der Waals surface area contributed by atoms with Gasteiger partial charge in [0, 0.05) is 11.3 Å². The number of rotatable bonds is 3. The lowest BCUT2D eigenvalue weighted by Gasteiger charge is -2.10. The van der Waals surface area contributed by atoms with Gasteiger partial charge in [-0.05, 0) is 30.4 Å². The van der Waals surface area contributed by atoms with Crippen LogP contribution in [0.4, 0.5) is 18.9 Å². The number of halogens is 3. The minimum absolute atomic E-state index is 0.0764. The molecule has 9 heteroatoms. The van der Waals surface area contributed by atoms with E-state index in [0.29, 0.717) is 0 Å². The number of nitrogens with two attached hydrogens (primary N) is 2.